The molecule has 0 bridgehead atoms. The second kappa shape index (κ2) is 16.0. The van der Waals surface area contributed by atoms with Crippen LogP contribution in [0.1, 0.15) is 94.9 Å². The summed E-state index contributed by atoms with van der Waals surface area (Å²) in [6, 6.07) is 0. The molecule has 2 rings (SSSR count). The van der Waals surface area contributed by atoms with Crippen LogP contribution in [0.15, 0.2) is 107 Å². The Kier molecular flexibility index (Phi) is 13.4. The lowest BCUT2D eigenvalue weighted by Crippen LogP contribution is -2.37. The van der Waals surface area contributed by atoms with E-state index in [0.29, 0.717) is 24.4 Å². The van der Waals surface area contributed by atoms with Gasteiger partial charge in [-0.2, -0.15) is 0 Å². The van der Waals surface area contributed by atoms with Crippen LogP contribution >= 0.6 is 0 Å². The normalized spacial score (nSPS) is 28.4. The van der Waals surface area contributed by atoms with E-state index in [1.807, 2.05) is 0 Å². The molecule has 2 heteroatoms. The molecule has 0 spiro atoms. The van der Waals surface area contributed by atoms with Crippen molar-refractivity contribution in [1.82, 2.24) is 0 Å². The molecule has 42 heavy (non-hydrogen) atoms. The highest BCUT2D eigenvalue weighted by atomic mass is 16.1. The quantitative estimate of drug-likeness (QED) is 0.246. The first kappa shape index (κ1) is 35.2. The van der Waals surface area contributed by atoms with Crippen LogP contribution in [-0.4, -0.2) is 11.6 Å². The number of carbonyl (C=O) groups is 2. The summed E-state index contributed by atoms with van der Waals surface area (Å²) in [5.74, 6) is 1.55. The Morgan fingerprint density at radius 2 is 0.857 bits per heavy atom. The lowest BCUT2D eigenvalue weighted by molar-refractivity contribution is -0.129. The number of Topliss-reactive ketones (excluding diaryl/α,β-unsaturated/α-hetero) is 2. The van der Waals surface area contributed by atoms with E-state index in [1.54, 1.807) is 0 Å². The Bertz CT molecular complexity index is 1140. The summed E-state index contributed by atoms with van der Waals surface area (Å²) in [4.78, 5) is 24.4. The predicted molar refractivity (Wildman–Crippen MR) is 182 cm³/mol. The van der Waals surface area contributed by atoms with Gasteiger partial charge in [0.05, 0.1) is 0 Å². The predicted octanol–water partition coefficient (Wildman–Crippen LogP) is 10.8. The molecule has 2 aliphatic rings. The van der Waals surface area contributed by atoms with Gasteiger partial charge in [0.1, 0.15) is 11.6 Å². The van der Waals surface area contributed by atoms with Crippen LogP contribution in [0, 0.1) is 34.5 Å². The molecular weight excluding hydrogens is 512 g/mol. The van der Waals surface area contributed by atoms with Crippen molar-refractivity contribution in [2.24, 2.45) is 34.5 Å². The van der Waals surface area contributed by atoms with E-state index in [2.05, 4.69) is 154 Å². The Hall–Kier alpha value is -3.00. The summed E-state index contributed by atoms with van der Waals surface area (Å²) in [7, 11) is 0. The van der Waals surface area contributed by atoms with Crippen LogP contribution in [0.5, 0.6) is 0 Å². The molecule has 2 saturated carbocycles. The van der Waals surface area contributed by atoms with E-state index < -0.39 is 0 Å². The van der Waals surface area contributed by atoms with Crippen LogP contribution in [0.25, 0.3) is 0 Å². The topological polar surface area (TPSA) is 34.1 Å². The highest BCUT2D eigenvalue weighted by Gasteiger charge is 2.40. The average molecular weight is 569 g/mol. The minimum absolute atomic E-state index is 0.0954. The Morgan fingerprint density at radius 3 is 1.21 bits per heavy atom. The van der Waals surface area contributed by atoms with Gasteiger partial charge in [-0.3, -0.25) is 9.59 Å². The van der Waals surface area contributed by atoms with Crippen molar-refractivity contribution in [2.45, 2.75) is 94.9 Å². The SMILES string of the molecule is CC(=C/C=C/C(C)=C/C=C/C=C(C)/C=C/C=C(C)\C=C\[C@H]1[C@H](C)C(=O)CCC1(C)C)/C=C/[C@H]1[C@H](C)C(=O)CCC1(C)C. The molecular formula is C40H56O2. The lowest BCUT2D eigenvalue weighted by Gasteiger charge is -2.40. The van der Waals surface area contributed by atoms with E-state index >= 15 is 0 Å². The summed E-state index contributed by atoms with van der Waals surface area (Å²) >= 11 is 0. The van der Waals surface area contributed by atoms with Crippen LogP contribution < -0.4 is 0 Å². The second-order valence-corrected chi connectivity index (χ2v) is 14.0. The van der Waals surface area contributed by atoms with E-state index in [-0.39, 0.29) is 34.5 Å². The molecule has 0 aromatic rings. The van der Waals surface area contributed by atoms with Gasteiger partial charge in [0.25, 0.3) is 0 Å². The zero-order valence-electron chi connectivity index (χ0n) is 28.0. The molecule has 0 unspecified atom stereocenters. The fraction of sp³-hybridized carbons (Fsp3) is 0.500. The molecule has 2 nitrogen and oxygen atoms in total. The number of carbonyl (C=O) groups excluding carboxylic acids is 2. The molecule has 4 atom stereocenters. The van der Waals surface area contributed by atoms with Gasteiger partial charge in [0, 0.05) is 24.7 Å². The molecule has 0 radical (unpaired) electrons. The highest BCUT2D eigenvalue weighted by Crippen LogP contribution is 2.44. The van der Waals surface area contributed by atoms with Gasteiger partial charge in [0.15, 0.2) is 0 Å². The molecule has 0 amide bonds. The van der Waals surface area contributed by atoms with Crippen LogP contribution in [-0.2, 0) is 9.59 Å². The summed E-state index contributed by atoms with van der Waals surface area (Å²) in [6.07, 6.45) is 33.1. The fourth-order valence-corrected chi connectivity index (χ4v) is 6.14. The van der Waals surface area contributed by atoms with E-state index in [0.717, 1.165) is 12.8 Å². The monoisotopic (exact) mass is 568 g/mol. The minimum Gasteiger partial charge on any atom is -0.299 e. The third kappa shape index (κ3) is 11.0. The molecule has 0 saturated heterocycles. The van der Waals surface area contributed by atoms with Gasteiger partial charge in [-0.05, 0) is 63.2 Å². The molecule has 0 heterocycles. The Balaban J connectivity index is 1.88. The molecule has 2 fully saturated rings. The third-order valence-electron chi connectivity index (χ3n) is 9.33. The first-order valence-electron chi connectivity index (χ1n) is 15.8. The van der Waals surface area contributed by atoms with Crippen molar-refractivity contribution in [2.75, 3.05) is 0 Å². The zero-order valence-corrected chi connectivity index (χ0v) is 28.0. The molecule has 0 aliphatic heterocycles. The average Bonchev–Trinajstić information content (AvgIpc) is 2.91. The number of hydrogen-bond acceptors (Lipinski definition) is 2. The first-order chi connectivity index (χ1) is 19.6. The van der Waals surface area contributed by atoms with Crippen LogP contribution in [0.4, 0.5) is 0 Å². The van der Waals surface area contributed by atoms with Crippen molar-refractivity contribution in [3.05, 3.63) is 107 Å². The zero-order chi connectivity index (χ0) is 31.5. The number of hydrogen-bond donors (Lipinski definition) is 0. The maximum absolute atomic E-state index is 12.2. The number of allylic oxidation sites excluding steroid dienone is 18. The highest BCUT2D eigenvalue weighted by molar-refractivity contribution is 5.82. The maximum atomic E-state index is 12.2. The minimum atomic E-state index is 0.0954. The van der Waals surface area contributed by atoms with E-state index in [9.17, 15) is 9.59 Å². The van der Waals surface area contributed by atoms with Crippen molar-refractivity contribution in [3.63, 3.8) is 0 Å². The summed E-state index contributed by atoms with van der Waals surface area (Å²) in [5, 5.41) is 0. The summed E-state index contributed by atoms with van der Waals surface area (Å²) in [5.41, 5.74) is 5.05. The maximum Gasteiger partial charge on any atom is 0.136 e. The molecule has 2 aliphatic carbocycles. The summed E-state index contributed by atoms with van der Waals surface area (Å²) in [6.45, 7) is 21.7. The molecule has 0 N–H and O–H groups in total. The smallest absolute Gasteiger partial charge is 0.136 e. The van der Waals surface area contributed by atoms with Crippen molar-refractivity contribution >= 4 is 11.6 Å². The Labute approximate surface area is 257 Å². The van der Waals surface area contributed by atoms with Gasteiger partial charge in [0.2, 0.25) is 0 Å². The molecule has 0 aromatic carbocycles. The van der Waals surface area contributed by atoms with Crippen LogP contribution in [0.2, 0.25) is 0 Å². The van der Waals surface area contributed by atoms with Gasteiger partial charge in [-0.15, -0.1) is 0 Å². The van der Waals surface area contributed by atoms with Gasteiger partial charge < -0.3 is 0 Å². The fourth-order valence-electron chi connectivity index (χ4n) is 6.14. The van der Waals surface area contributed by atoms with Gasteiger partial charge in [-0.25, -0.2) is 0 Å². The van der Waals surface area contributed by atoms with E-state index in [1.165, 1.54) is 22.3 Å². The standard InChI is InChI=1S/C40H56O2/c1-29(17-13-19-31(3)21-23-35-33(5)37(41)25-27-39(35,7)8)15-11-12-16-30(2)18-14-20-32(4)22-24-36-34(6)38(42)26-28-40(36,9)10/h11-24,33-36H,25-28H2,1-10H3/b12-11+,17-13+,18-14+,23-21+,24-22+,29-15+,30-16+,31-19-,32-20-/t33-,34-,35-,36-/m0/s1. The van der Waals surface area contributed by atoms with Gasteiger partial charge in [-0.1, -0.05) is 149 Å². The Morgan fingerprint density at radius 1 is 0.548 bits per heavy atom. The molecule has 228 valence electrons. The van der Waals surface area contributed by atoms with Crippen molar-refractivity contribution in [3.8, 4) is 0 Å². The van der Waals surface area contributed by atoms with Gasteiger partial charge >= 0.3 is 0 Å². The third-order valence-corrected chi connectivity index (χ3v) is 9.33. The summed E-state index contributed by atoms with van der Waals surface area (Å²) < 4.78 is 0. The number of ketones is 2. The lowest BCUT2D eigenvalue weighted by atomic mass is 9.63. The van der Waals surface area contributed by atoms with Crippen LogP contribution in [0.3, 0.4) is 0 Å². The number of rotatable bonds is 10. The largest absolute Gasteiger partial charge is 0.299 e. The van der Waals surface area contributed by atoms with Crippen molar-refractivity contribution in [1.29, 1.82) is 0 Å². The van der Waals surface area contributed by atoms with E-state index in [4.69, 9.17) is 0 Å². The second-order valence-electron chi connectivity index (χ2n) is 14.0. The van der Waals surface area contributed by atoms with Crippen molar-refractivity contribution < 1.29 is 9.59 Å². The molecule has 0 aromatic heterocycles. The first-order valence-corrected chi connectivity index (χ1v) is 15.8.